The number of hydrogen-bond acceptors (Lipinski definition) is 3. The van der Waals surface area contributed by atoms with Crippen LogP contribution in [-0.2, 0) is 6.42 Å². The summed E-state index contributed by atoms with van der Waals surface area (Å²) in [4.78, 5) is 4.44. The van der Waals surface area contributed by atoms with Crippen LogP contribution in [0.5, 0.6) is 5.75 Å². The summed E-state index contributed by atoms with van der Waals surface area (Å²) in [5.41, 5.74) is 0.860. The van der Waals surface area contributed by atoms with E-state index >= 15 is 0 Å². The number of methoxy groups -OCH3 is 1. The number of pyridine rings is 1. The van der Waals surface area contributed by atoms with Crippen LogP contribution >= 0.6 is 11.6 Å². The minimum Gasteiger partial charge on any atom is -0.494 e. The Labute approximate surface area is 105 Å². The molecule has 0 radical (unpaired) electrons. The molecule has 2 aromatic rings. The Kier molecular flexibility index (Phi) is 2.68. The quantitative estimate of drug-likeness (QED) is 0.904. The van der Waals surface area contributed by atoms with E-state index < -0.39 is 0 Å². The Bertz CT molecular complexity index is 548. The monoisotopic (exact) mass is 251 g/mol. The second kappa shape index (κ2) is 4.20. The maximum atomic E-state index is 6.18. The van der Waals surface area contributed by atoms with Gasteiger partial charge in [-0.2, -0.15) is 0 Å². The molecule has 0 atom stereocenters. The van der Waals surface area contributed by atoms with Crippen LogP contribution in [0.25, 0.3) is 5.52 Å². The van der Waals surface area contributed by atoms with Crippen molar-refractivity contribution in [1.82, 2.24) is 14.7 Å². The molecule has 1 aliphatic heterocycles. The lowest BCUT2D eigenvalue weighted by molar-refractivity contribution is 0.340. The van der Waals surface area contributed by atoms with E-state index in [9.17, 15) is 0 Å². The summed E-state index contributed by atoms with van der Waals surface area (Å²) in [7, 11) is 1.65. The Morgan fingerprint density at radius 2 is 2.41 bits per heavy atom. The van der Waals surface area contributed by atoms with Gasteiger partial charge in [0.2, 0.25) is 0 Å². The molecule has 0 spiro atoms. The summed E-state index contributed by atoms with van der Waals surface area (Å²) in [5, 5.41) is 3.78. The van der Waals surface area contributed by atoms with Gasteiger partial charge in [-0.05, 0) is 31.1 Å². The van der Waals surface area contributed by atoms with Crippen molar-refractivity contribution in [3.63, 3.8) is 0 Å². The molecule has 0 aromatic carbocycles. The van der Waals surface area contributed by atoms with Crippen LogP contribution < -0.4 is 10.1 Å². The predicted octanol–water partition coefficient (Wildman–Crippen LogP) is 1.76. The van der Waals surface area contributed by atoms with E-state index in [0.717, 1.165) is 36.6 Å². The van der Waals surface area contributed by atoms with Gasteiger partial charge >= 0.3 is 0 Å². The molecule has 3 heterocycles. The third-order valence-corrected chi connectivity index (χ3v) is 3.48. The largest absolute Gasteiger partial charge is 0.494 e. The Balaban J connectivity index is 2.06. The lowest BCUT2D eigenvalue weighted by Gasteiger charge is -2.26. The number of nitrogens with one attached hydrogen (secondary N) is 1. The minimum atomic E-state index is 0.518. The summed E-state index contributed by atoms with van der Waals surface area (Å²) in [6.45, 7) is 2.13. The zero-order chi connectivity index (χ0) is 11.8. The Morgan fingerprint density at radius 3 is 3.06 bits per heavy atom. The van der Waals surface area contributed by atoms with Crippen molar-refractivity contribution in [1.29, 1.82) is 0 Å². The second-order valence-electron chi connectivity index (χ2n) is 4.34. The van der Waals surface area contributed by atoms with Gasteiger partial charge in [-0.15, -0.1) is 0 Å². The number of ether oxygens (including phenoxy) is 1. The second-order valence-corrected chi connectivity index (χ2v) is 4.70. The van der Waals surface area contributed by atoms with Crippen molar-refractivity contribution >= 4 is 17.1 Å². The number of halogens is 1. The number of fused-ring (bicyclic) bond motifs is 1. The van der Waals surface area contributed by atoms with Gasteiger partial charge < -0.3 is 10.1 Å². The highest BCUT2D eigenvalue weighted by molar-refractivity contribution is 6.33. The molecule has 17 heavy (non-hydrogen) atoms. The number of hydrogen-bond donors (Lipinski definition) is 1. The number of aromatic nitrogens is 2. The van der Waals surface area contributed by atoms with E-state index in [4.69, 9.17) is 16.3 Å². The standard InChI is InChI=1S/C12H14ClN3O/c1-17-9-3-2-4-16-10(5-8-6-14-7-8)15-12(13)11(9)16/h2-4,8,14H,5-7H2,1H3. The first-order valence-corrected chi connectivity index (χ1v) is 6.07. The Morgan fingerprint density at radius 1 is 1.59 bits per heavy atom. The molecule has 1 saturated heterocycles. The van der Waals surface area contributed by atoms with E-state index in [-0.39, 0.29) is 0 Å². The van der Waals surface area contributed by atoms with Gasteiger partial charge in [-0.3, -0.25) is 4.40 Å². The maximum Gasteiger partial charge on any atom is 0.158 e. The molecule has 0 saturated carbocycles. The molecule has 5 heteroatoms. The molecule has 0 bridgehead atoms. The van der Waals surface area contributed by atoms with Crippen LogP contribution in [0.2, 0.25) is 5.15 Å². The third kappa shape index (κ3) is 1.77. The van der Waals surface area contributed by atoms with Gasteiger partial charge in [0.25, 0.3) is 0 Å². The molecule has 2 aromatic heterocycles. The van der Waals surface area contributed by atoms with E-state index in [2.05, 4.69) is 10.3 Å². The summed E-state index contributed by atoms with van der Waals surface area (Å²) in [6.07, 6.45) is 2.94. The van der Waals surface area contributed by atoms with Gasteiger partial charge in [0, 0.05) is 12.6 Å². The zero-order valence-corrected chi connectivity index (χ0v) is 10.4. The normalized spacial score (nSPS) is 16.1. The van der Waals surface area contributed by atoms with E-state index in [1.54, 1.807) is 7.11 Å². The molecule has 90 valence electrons. The number of imidazole rings is 1. The first-order valence-electron chi connectivity index (χ1n) is 5.69. The van der Waals surface area contributed by atoms with Crippen molar-refractivity contribution in [2.75, 3.05) is 20.2 Å². The highest BCUT2D eigenvalue weighted by Crippen LogP contribution is 2.28. The van der Waals surface area contributed by atoms with Crippen LogP contribution in [0.4, 0.5) is 0 Å². The highest BCUT2D eigenvalue weighted by Gasteiger charge is 2.21. The maximum absolute atomic E-state index is 6.18. The molecule has 4 nitrogen and oxygen atoms in total. The van der Waals surface area contributed by atoms with Gasteiger partial charge in [-0.1, -0.05) is 11.6 Å². The summed E-state index contributed by atoms with van der Waals surface area (Å²) in [6, 6.07) is 3.85. The van der Waals surface area contributed by atoms with Crippen LogP contribution in [0, 0.1) is 5.92 Å². The molecular formula is C12H14ClN3O. The third-order valence-electron chi connectivity index (χ3n) is 3.21. The summed E-state index contributed by atoms with van der Waals surface area (Å²) >= 11 is 6.18. The van der Waals surface area contributed by atoms with Gasteiger partial charge in [0.15, 0.2) is 5.15 Å². The molecule has 1 aliphatic rings. The van der Waals surface area contributed by atoms with Crippen molar-refractivity contribution in [3.8, 4) is 5.75 Å². The lowest BCUT2D eigenvalue weighted by atomic mass is 9.99. The predicted molar refractivity (Wildman–Crippen MR) is 66.8 cm³/mol. The molecule has 1 fully saturated rings. The average Bonchev–Trinajstić information content (AvgIpc) is 2.61. The first-order chi connectivity index (χ1) is 8.29. The lowest BCUT2D eigenvalue weighted by Crippen LogP contribution is -2.43. The number of rotatable bonds is 3. The minimum absolute atomic E-state index is 0.518. The van der Waals surface area contributed by atoms with Crippen LogP contribution in [0.3, 0.4) is 0 Å². The summed E-state index contributed by atoms with van der Waals surface area (Å²) < 4.78 is 7.34. The van der Waals surface area contributed by atoms with Gasteiger partial charge in [-0.25, -0.2) is 4.98 Å². The fourth-order valence-corrected chi connectivity index (χ4v) is 2.47. The average molecular weight is 252 g/mol. The number of nitrogens with zero attached hydrogens (tertiary/aromatic N) is 2. The fourth-order valence-electron chi connectivity index (χ4n) is 2.18. The van der Waals surface area contributed by atoms with Crippen LogP contribution in [-0.4, -0.2) is 29.6 Å². The molecular weight excluding hydrogens is 238 g/mol. The molecule has 0 aliphatic carbocycles. The topological polar surface area (TPSA) is 38.6 Å². The molecule has 0 unspecified atom stereocenters. The first kappa shape index (κ1) is 10.9. The molecule has 1 N–H and O–H groups in total. The SMILES string of the molecule is COc1cccn2c(CC3CNC3)nc(Cl)c12. The van der Waals surface area contributed by atoms with Crippen molar-refractivity contribution < 1.29 is 4.74 Å². The smallest absolute Gasteiger partial charge is 0.158 e. The summed E-state index contributed by atoms with van der Waals surface area (Å²) in [5.74, 6) is 2.45. The van der Waals surface area contributed by atoms with Crippen molar-refractivity contribution in [2.24, 2.45) is 5.92 Å². The zero-order valence-electron chi connectivity index (χ0n) is 9.61. The van der Waals surface area contributed by atoms with E-state index in [1.165, 1.54) is 0 Å². The fraction of sp³-hybridized carbons (Fsp3) is 0.417. The van der Waals surface area contributed by atoms with E-state index in [1.807, 2.05) is 22.7 Å². The molecule has 3 rings (SSSR count). The van der Waals surface area contributed by atoms with Gasteiger partial charge in [0.05, 0.1) is 7.11 Å². The van der Waals surface area contributed by atoms with Crippen LogP contribution in [0.1, 0.15) is 5.82 Å². The van der Waals surface area contributed by atoms with Crippen molar-refractivity contribution in [3.05, 3.63) is 29.3 Å². The van der Waals surface area contributed by atoms with Crippen LogP contribution in [0.15, 0.2) is 18.3 Å². The van der Waals surface area contributed by atoms with Crippen molar-refractivity contribution in [2.45, 2.75) is 6.42 Å². The highest BCUT2D eigenvalue weighted by atomic mass is 35.5. The Hall–Kier alpha value is -1.26. The van der Waals surface area contributed by atoms with E-state index in [0.29, 0.717) is 11.1 Å². The van der Waals surface area contributed by atoms with Gasteiger partial charge in [0.1, 0.15) is 17.1 Å². The molecule has 0 amide bonds.